The number of rotatable bonds is 4. The molecule has 1 saturated heterocycles. The van der Waals surface area contributed by atoms with Crippen LogP contribution in [0.2, 0.25) is 0 Å². The van der Waals surface area contributed by atoms with Gasteiger partial charge in [0.25, 0.3) is 10.0 Å². The molecule has 1 fully saturated rings. The quantitative estimate of drug-likeness (QED) is 0.741. The Balaban J connectivity index is 1.49. The van der Waals surface area contributed by atoms with Crippen molar-refractivity contribution in [2.24, 2.45) is 0 Å². The van der Waals surface area contributed by atoms with Gasteiger partial charge in [0.1, 0.15) is 10.0 Å². The fourth-order valence-corrected chi connectivity index (χ4v) is 5.86. The van der Waals surface area contributed by atoms with Crippen LogP contribution in [0.1, 0.15) is 0 Å². The Hall–Kier alpha value is -2.23. The van der Waals surface area contributed by atoms with Gasteiger partial charge in [-0.1, -0.05) is 12.1 Å². The summed E-state index contributed by atoms with van der Waals surface area (Å²) < 4.78 is 41.5. The number of para-hydroxylation sites is 1. The van der Waals surface area contributed by atoms with Gasteiger partial charge in [-0.3, -0.25) is 5.10 Å². The van der Waals surface area contributed by atoms with E-state index in [2.05, 4.69) is 10.2 Å². The van der Waals surface area contributed by atoms with Gasteiger partial charge in [0.2, 0.25) is 0 Å². The molecule has 136 valence electrons. The number of H-pyrrole nitrogens is 1. The average molecular weight is 392 g/mol. The van der Waals surface area contributed by atoms with Gasteiger partial charge in [0.05, 0.1) is 16.3 Å². The van der Waals surface area contributed by atoms with Gasteiger partial charge in [-0.05, 0) is 30.3 Å². The van der Waals surface area contributed by atoms with E-state index in [1.807, 2.05) is 4.90 Å². The van der Waals surface area contributed by atoms with Gasteiger partial charge in [0, 0.05) is 32.4 Å². The maximum absolute atomic E-state index is 13.9. The fraction of sp³-hybridized carbons (Fsp3) is 0.235. The van der Waals surface area contributed by atoms with Crippen LogP contribution in [0.4, 0.5) is 10.1 Å². The molecule has 1 N–H and O–H groups in total. The lowest BCUT2D eigenvalue weighted by Gasteiger charge is -2.35. The minimum atomic E-state index is -3.55. The summed E-state index contributed by atoms with van der Waals surface area (Å²) in [5, 5.41) is 6.73. The molecule has 9 heteroatoms. The average Bonchev–Trinajstić information content (AvgIpc) is 3.34. The summed E-state index contributed by atoms with van der Waals surface area (Å²) in [7, 11) is -3.55. The number of hydrogen-bond donors (Lipinski definition) is 1. The number of aromatic nitrogens is 2. The molecule has 1 aliphatic heterocycles. The molecule has 1 aliphatic rings. The van der Waals surface area contributed by atoms with E-state index < -0.39 is 10.0 Å². The Bertz CT molecular complexity index is 993. The van der Waals surface area contributed by atoms with Crippen LogP contribution >= 0.6 is 11.3 Å². The number of thiophene rings is 1. The van der Waals surface area contributed by atoms with Crippen LogP contribution in [0.3, 0.4) is 0 Å². The van der Waals surface area contributed by atoms with E-state index >= 15 is 0 Å². The Kier molecular flexibility index (Phi) is 4.51. The van der Waals surface area contributed by atoms with Crippen molar-refractivity contribution in [3.8, 4) is 10.6 Å². The first kappa shape index (κ1) is 17.2. The Morgan fingerprint density at radius 3 is 2.50 bits per heavy atom. The van der Waals surface area contributed by atoms with E-state index in [9.17, 15) is 12.8 Å². The minimum absolute atomic E-state index is 0.286. The normalized spacial score (nSPS) is 16.1. The topological polar surface area (TPSA) is 69.3 Å². The molecule has 0 aliphatic carbocycles. The van der Waals surface area contributed by atoms with Crippen LogP contribution in [0.15, 0.2) is 52.9 Å². The fourth-order valence-electron chi connectivity index (χ4n) is 3.00. The zero-order chi connectivity index (χ0) is 18.1. The van der Waals surface area contributed by atoms with E-state index in [1.165, 1.54) is 21.7 Å². The van der Waals surface area contributed by atoms with E-state index in [4.69, 9.17) is 0 Å². The van der Waals surface area contributed by atoms with Crippen molar-refractivity contribution in [1.29, 1.82) is 0 Å². The van der Waals surface area contributed by atoms with Crippen LogP contribution in [-0.4, -0.2) is 49.1 Å². The van der Waals surface area contributed by atoms with Crippen molar-refractivity contribution in [3.63, 3.8) is 0 Å². The van der Waals surface area contributed by atoms with E-state index in [0.717, 1.165) is 10.6 Å². The van der Waals surface area contributed by atoms with Crippen LogP contribution in [0, 0.1) is 5.82 Å². The molecule has 0 unspecified atom stereocenters. The second kappa shape index (κ2) is 6.82. The zero-order valence-electron chi connectivity index (χ0n) is 13.8. The number of benzene rings is 1. The second-order valence-corrected chi connectivity index (χ2v) is 9.18. The molecule has 0 amide bonds. The number of anilines is 1. The smallest absolute Gasteiger partial charge is 0.252 e. The number of sulfonamides is 1. The van der Waals surface area contributed by atoms with Gasteiger partial charge < -0.3 is 4.90 Å². The summed E-state index contributed by atoms with van der Waals surface area (Å²) >= 11 is 1.22. The van der Waals surface area contributed by atoms with Crippen molar-refractivity contribution in [2.45, 2.75) is 4.21 Å². The van der Waals surface area contributed by atoms with Crippen molar-refractivity contribution in [3.05, 3.63) is 54.5 Å². The Labute approximate surface area is 154 Å². The molecule has 0 saturated carbocycles. The van der Waals surface area contributed by atoms with Gasteiger partial charge in [0.15, 0.2) is 0 Å². The Morgan fingerprint density at radius 1 is 1.04 bits per heavy atom. The maximum Gasteiger partial charge on any atom is 0.252 e. The van der Waals surface area contributed by atoms with E-state index in [0.29, 0.717) is 36.1 Å². The highest BCUT2D eigenvalue weighted by Gasteiger charge is 2.30. The number of nitrogens with one attached hydrogen (secondary N) is 1. The number of halogens is 1. The summed E-state index contributed by atoms with van der Waals surface area (Å²) in [5.74, 6) is -0.286. The first-order valence-corrected chi connectivity index (χ1v) is 10.4. The molecular formula is C17H17FN4O2S2. The third-order valence-electron chi connectivity index (χ3n) is 4.37. The molecule has 1 aromatic carbocycles. The molecule has 0 atom stereocenters. The van der Waals surface area contributed by atoms with Gasteiger partial charge in [-0.15, -0.1) is 11.3 Å². The van der Waals surface area contributed by atoms with E-state index in [-0.39, 0.29) is 5.82 Å². The standard InChI is InChI=1S/C17H17FN4O2S2/c18-13-3-1-2-4-15(13)21-9-11-22(12-10-21)26(23,24)17-6-5-16(25-17)14-7-8-19-20-14/h1-8H,9-12H2,(H,19,20). The predicted octanol–water partition coefficient (Wildman–Crippen LogP) is 2.79. The van der Waals surface area contributed by atoms with Crippen molar-refractivity contribution >= 4 is 27.0 Å². The van der Waals surface area contributed by atoms with E-state index in [1.54, 1.807) is 42.6 Å². The number of nitrogens with zero attached hydrogens (tertiary/aromatic N) is 3. The first-order valence-electron chi connectivity index (χ1n) is 8.15. The van der Waals surface area contributed by atoms with Crippen LogP contribution in [-0.2, 0) is 10.0 Å². The molecule has 26 heavy (non-hydrogen) atoms. The highest BCUT2D eigenvalue weighted by atomic mass is 32.2. The highest BCUT2D eigenvalue weighted by Crippen LogP contribution is 2.32. The van der Waals surface area contributed by atoms with Gasteiger partial charge in [-0.25, -0.2) is 12.8 Å². The molecular weight excluding hydrogens is 375 g/mol. The summed E-state index contributed by atoms with van der Waals surface area (Å²) in [5.41, 5.74) is 1.31. The third kappa shape index (κ3) is 3.13. The zero-order valence-corrected chi connectivity index (χ0v) is 15.4. The highest BCUT2D eigenvalue weighted by molar-refractivity contribution is 7.91. The molecule has 3 heterocycles. The van der Waals surface area contributed by atoms with Crippen molar-refractivity contribution in [2.75, 3.05) is 31.1 Å². The molecule has 4 rings (SSSR count). The lowest BCUT2D eigenvalue weighted by Crippen LogP contribution is -2.48. The maximum atomic E-state index is 13.9. The lowest BCUT2D eigenvalue weighted by atomic mass is 10.2. The number of aromatic amines is 1. The number of hydrogen-bond acceptors (Lipinski definition) is 5. The van der Waals surface area contributed by atoms with Gasteiger partial charge in [-0.2, -0.15) is 9.40 Å². The summed E-state index contributed by atoms with van der Waals surface area (Å²) in [6, 6.07) is 11.8. The molecule has 0 spiro atoms. The molecule has 6 nitrogen and oxygen atoms in total. The van der Waals surface area contributed by atoms with Crippen molar-refractivity contribution in [1.82, 2.24) is 14.5 Å². The summed E-state index contributed by atoms with van der Waals surface area (Å²) in [6.07, 6.45) is 1.63. The third-order valence-corrected chi connectivity index (χ3v) is 7.86. The second-order valence-electron chi connectivity index (χ2n) is 5.93. The van der Waals surface area contributed by atoms with Crippen LogP contribution in [0.5, 0.6) is 0 Å². The minimum Gasteiger partial charge on any atom is -0.367 e. The molecule has 0 bridgehead atoms. The largest absolute Gasteiger partial charge is 0.367 e. The van der Waals surface area contributed by atoms with Gasteiger partial charge >= 0.3 is 0 Å². The van der Waals surface area contributed by atoms with Crippen molar-refractivity contribution < 1.29 is 12.8 Å². The van der Waals surface area contributed by atoms with Crippen LogP contribution < -0.4 is 4.90 Å². The van der Waals surface area contributed by atoms with Crippen LogP contribution in [0.25, 0.3) is 10.6 Å². The molecule has 3 aromatic rings. The summed E-state index contributed by atoms with van der Waals surface area (Å²) in [6.45, 7) is 1.57. The number of piperazine rings is 1. The lowest BCUT2D eigenvalue weighted by molar-refractivity contribution is 0.384. The first-order chi connectivity index (χ1) is 12.6. The predicted molar refractivity (Wildman–Crippen MR) is 99.3 cm³/mol. The molecule has 2 aromatic heterocycles. The Morgan fingerprint density at radius 2 is 1.81 bits per heavy atom. The monoisotopic (exact) mass is 392 g/mol. The SMILES string of the molecule is O=S(=O)(c1ccc(-c2ccn[nH]2)s1)N1CCN(c2ccccc2F)CC1. The molecule has 0 radical (unpaired) electrons. The summed E-state index contributed by atoms with van der Waals surface area (Å²) in [4.78, 5) is 2.71.